The van der Waals surface area contributed by atoms with Crippen LogP contribution in [0.25, 0.3) is 0 Å². The summed E-state index contributed by atoms with van der Waals surface area (Å²) in [6.45, 7) is 3.29. The second-order valence-electron chi connectivity index (χ2n) is 4.23. The predicted molar refractivity (Wildman–Crippen MR) is 84.9 cm³/mol. The van der Waals surface area contributed by atoms with Crippen LogP contribution in [0.5, 0.6) is 0 Å². The van der Waals surface area contributed by atoms with Crippen molar-refractivity contribution < 1.29 is 19.1 Å². The van der Waals surface area contributed by atoms with Crippen molar-refractivity contribution in [1.29, 1.82) is 0 Å². The Kier molecular flexibility index (Phi) is 7.76. The highest BCUT2D eigenvalue weighted by Gasteiger charge is 2.18. The van der Waals surface area contributed by atoms with Gasteiger partial charge in [-0.2, -0.15) is 0 Å². The molecule has 0 bridgehead atoms. The van der Waals surface area contributed by atoms with E-state index < -0.39 is 29.8 Å². The van der Waals surface area contributed by atoms with Gasteiger partial charge in [-0.25, -0.2) is 4.79 Å². The molecular formula is C14H17ClN2O4S. The van der Waals surface area contributed by atoms with Gasteiger partial charge in [-0.3, -0.25) is 14.9 Å². The topological polar surface area (TPSA) is 84.5 Å². The number of carbonyl (C=O) groups excluding carboxylic acids is 3. The van der Waals surface area contributed by atoms with Crippen LogP contribution in [0.4, 0.5) is 4.79 Å². The molecule has 0 fully saturated rings. The van der Waals surface area contributed by atoms with E-state index in [1.807, 2.05) is 5.32 Å². The number of thioether (sulfide) groups is 1. The zero-order valence-electron chi connectivity index (χ0n) is 12.2. The van der Waals surface area contributed by atoms with E-state index in [-0.39, 0.29) is 0 Å². The Morgan fingerprint density at radius 1 is 1.27 bits per heavy atom. The molecule has 22 heavy (non-hydrogen) atoms. The number of halogens is 1. The summed E-state index contributed by atoms with van der Waals surface area (Å²) in [6, 6.07) is 6.41. The van der Waals surface area contributed by atoms with Gasteiger partial charge < -0.3 is 10.1 Å². The van der Waals surface area contributed by atoms with Crippen molar-refractivity contribution in [3.8, 4) is 0 Å². The average Bonchev–Trinajstić information content (AvgIpc) is 2.47. The Morgan fingerprint density at radius 3 is 2.50 bits per heavy atom. The number of amides is 3. The second-order valence-corrected chi connectivity index (χ2v) is 6.08. The number of ether oxygens (including phenoxy) is 1. The van der Waals surface area contributed by atoms with Gasteiger partial charge in [0.05, 0.1) is 0 Å². The molecule has 6 nitrogen and oxygen atoms in total. The molecule has 0 aliphatic rings. The monoisotopic (exact) mass is 344 g/mol. The van der Waals surface area contributed by atoms with E-state index in [2.05, 4.69) is 5.32 Å². The minimum atomic E-state index is -0.678. The standard InChI is InChI=1S/C14H17ClN2O4S/c1-3-16-14(20)17-12(18)8-21-13(19)9(2)22-11-6-4-10(15)5-7-11/h4-7,9H,3,8H2,1-2H3,(H2,16,17,18,20)/t9-/m0/s1. The zero-order valence-corrected chi connectivity index (χ0v) is 13.8. The SMILES string of the molecule is CCNC(=O)NC(=O)COC(=O)[C@H](C)Sc1ccc(Cl)cc1. The lowest BCUT2D eigenvalue weighted by Gasteiger charge is -2.11. The molecule has 0 radical (unpaired) electrons. The molecule has 8 heteroatoms. The molecule has 2 N–H and O–H groups in total. The van der Waals surface area contributed by atoms with Gasteiger partial charge in [-0.1, -0.05) is 11.6 Å². The number of urea groups is 1. The Hall–Kier alpha value is -1.73. The molecule has 120 valence electrons. The van der Waals surface area contributed by atoms with E-state index >= 15 is 0 Å². The zero-order chi connectivity index (χ0) is 16.5. The molecule has 0 heterocycles. The van der Waals surface area contributed by atoms with E-state index in [1.54, 1.807) is 38.1 Å². The fourth-order valence-corrected chi connectivity index (χ4v) is 2.38. The van der Waals surface area contributed by atoms with Gasteiger partial charge in [0, 0.05) is 16.5 Å². The summed E-state index contributed by atoms with van der Waals surface area (Å²) >= 11 is 7.07. The smallest absolute Gasteiger partial charge is 0.321 e. The number of hydrogen-bond donors (Lipinski definition) is 2. The number of benzene rings is 1. The van der Waals surface area contributed by atoms with Crippen molar-refractivity contribution in [3.05, 3.63) is 29.3 Å². The van der Waals surface area contributed by atoms with Gasteiger partial charge in [0.15, 0.2) is 6.61 Å². The first-order valence-corrected chi connectivity index (χ1v) is 7.84. The minimum Gasteiger partial charge on any atom is -0.455 e. The number of imide groups is 1. The van der Waals surface area contributed by atoms with Gasteiger partial charge in [-0.05, 0) is 38.1 Å². The molecule has 1 rings (SSSR count). The van der Waals surface area contributed by atoms with Crippen LogP contribution < -0.4 is 10.6 Å². The first-order chi connectivity index (χ1) is 10.4. The number of rotatable bonds is 6. The third kappa shape index (κ3) is 6.82. The first kappa shape index (κ1) is 18.3. The van der Waals surface area contributed by atoms with Crippen LogP contribution in [0.3, 0.4) is 0 Å². The van der Waals surface area contributed by atoms with Crippen molar-refractivity contribution in [2.45, 2.75) is 24.0 Å². The highest BCUT2D eigenvalue weighted by molar-refractivity contribution is 8.00. The molecule has 3 amide bonds. The van der Waals surface area contributed by atoms with E-state index in [4.69, 9.17) is 16.3 Å². The molecule has 0 saturated heterocycles. The summed E-state index contributed by atoms with van der Waals surface area (Å²) in [5, 5.41) is 4.57. The molecular weight excluding hydrogens is 328 g/mol. The first-order valence-electron chi connectivity index (χ1n) is 6.59. The lowest BCUT2D eigenvalue weighted by atomic mass is 10.4. The largest absolute Gasteiger partial charge is 0.455 e. The molecule has 0 aliphatic heterocycles. The van der Waals surface area contributed by atoms with Crippen LogP contribution in [0.1, 0.15) is 13.8 Å². The van der Waals surface area contributed by atoms with E-state index in [1.165, 1.54) is 11.8 Å². The summed E-state index contributed by atoms with van der Waals surface area (Å²) in [5.74, 6) is -1.21. The maximum absolute atomic E-state index is 11.8. The average molecular weight is 345 g/mol. The molecule has 0 aromatic heterocycles. The molecule has 1 aromatic carbocycles. The van der Waals surface area contributed by atoms with Crippen LogP contribution in [-0.2, 0) is 14.3 Å². The van der Waals surface area contributed by atoms with E-state index in [0.717, 1.165) is 4.90 Å². The molecule has 0 aliphatic carbocycles. The summed E-state index contributed by atoms with van der Waals surface area (Å²) in [7, 11) is 0. The molecule has 1 atom stereocenters. The second kappa shape index (κ2) is 9.32. The van der Waals surface area contributed by atoms with Gasteiger partial charge >= 0.3 is 12.0 Å². The maximum Gasteiger partial charge on any atom is 0.321 e. The van der Waals surface area contributed by atoms with Gasteiger partial charge in [0.2, 0.25) is 0 Å². The van der Waals surface area contributed by atoms with E-state index in [0.29, 0.717) is 11.6 Å². The highest BCUT2D eigenvalue weighted by atomic mass is 35.5. The summed E-state index contributed by atoms with van der Waals surface area (Å²) in [6.07, 6.45) is 0. The molecule has 0 unspecified atom stereocenters. The number of nitrogens with one attached hydrogen (secondary N) is 2. The van der Waals surface area contributed by atoms with Crippen molar-refractivity contribution in [3.63, 3.8) is 0 Å². The predicted octanol–water partition coefficient (Wildman–Crippen LogP) is 2.21. The Labute approximate surface area is 137 Å². The lowest BCUT2D eigenvalue weighted by molar-refractivity contribution is -0.147. The van der Waals surface area contributed by atoms with Gasteiger partial charge in [0.1, 0.15) is 5.25 Å². The summed E-state index contributed by atoms with van der Waals surface area (Å²) in [4.78, 5) is 35.1. The Bertz CT molecular complexity index is 536. The highest BCUT2D eigenvalue weighted by Crippen LogP contribution is 2.25. The molecule has 0 saturated carbocycles. The number of hydrogen-bond acceptors (Lipinski definition) is 5. The number of esters is 1. The molecule has 0 spiro atoms. The van der Waals surface area contributed by atoms with Crippen LogP contribution in [-0.4, -0.2) is 36.3 Å². The van der Waals surface area contributed by atoms with Crippen molar-refractivity contribution >= 4 is 41.3 Å². The number of carbonyl (C=O) groups is 3. The maximum atomic E-state index is 11.8. The minimum absolute atomic E-state index is 0.396. The fraction of sp³-hybridized carbons (Fsp3) is 0.357. The normalized spacial score (nSPS) is 11.4. The van der Waals surface area contributed by atoms with E-state index in [9.17, 15) is 14.4 Å². The van der Waals surface area contributed by atoms with Crippen molar-refractivity contribution in [1.82, 2.24) is 10.6 Å². The van der Waals surface area contributed by atoms with Crippen LogP contribution in [0, 0.1) is 0 Å². The molecule has 1 aromatic rings. The Morgan fingerprint density at radius 2 is 1.91 bits per heavy atom. The van der Waals surface area contributed by atoms with Crippen LogP contribution in [0.15, 0.2) is 29.2 Å². The Balaban J connectivity index is 2.36. The summed E-state index contributed by atoms with van der Waals surface area (Å²) in [5.41, 5.74) is 0. The van der Waals surface area contributed by atoms with Gasteiger partial charge in [0.25, 0.3) is 5.91 Å². The quantitative estimate of drug-likeness (QED) is 0.610. The summed E-state index contributed by atoms with van der Waals surface area (Å²) < 4.78 is 4.86. The van der Waals surface area contributed by atoms with Crippen LogP contribution in [0.2, 0.25) is 5.02 Å². The van der Waals surface area contributed by atoms with Gasteiger partial charge in [-0.15, -0.1) is 11.8 Å². The third-order valence-corrected chi connectivity index (χ3v) is 3.74. The van der Waals surface area contributed by atoms with Crippen LogP contribution >= 0.6 is 23.4 Å². The van der Waals surface area contributed by atoms with Crippen molar-refractivity contribution in [2.75, 3.05) is 13.2 Å². The van der Waals surface area contributed by atoms with Crippen molar-refractivity contribution in [2.24, 2.45) is 0 Å². The fourth-order valence-electron chi connectivity index (χ4n) is 1.39. The third-order valence-electron chi connectivity index (χ3n) is 2.39. The lowest BCUT2D eigenvalue weighted by Crippen LogP contribution is -2.41.